The van der Waals surface area contributed by atoms with Crippen LogP contribution in [0.25, 0.3) is 0 Å². The predicted octanol–water partition coefficient (Wildman–Crippen LogP) is 1.23. The zero-order chi connectivity index (χ0) is 12.8. The Morgan fingerprint density at radius 1 is 1.44 bits per heavy atom. The number of nitrogens with two attached hydrogens (primary N) is 1. The van der Waals surface area contributed by atoms with Crippen LogP contribution in [0.15, 0.2) is 30.3 Å². The van der Waals surface area contributed by atoms with E-state index >= 15 is 0 Å². The summed E-state index contributed by atoms with van der Waals surface area (Å²) in [5.41, 5.74) is 6.75. The number of carbonyl (C=O) groups is 1. The molecule has 1 heterocycles. The van der Waals surface area contributed by atoms with Gasteiger partial charge in [0.1, 0.15) is 6.04 Å². The second-order valence-electron chi connectivity index (χ2n) is 4.72. The number of benzene rings is 1. The molecule has 1 saturated heterocycles. The summed E-state index contributed by atoms with van der Waals surface area (Å²) in [4.78, 5) is 11.9. The second kappa shape index (κ2) is 6.52. The van der Waals surface area contributed by atoms with E-state index in [0.717, 1.165) is 31.6 Å². The van der Waals surface area contributed by atoms with Crippen molar-refractivity contribution < 1.29 is 9.53 Å². The van der Waals surface area contributed by atoms with Crippen LogP contribution in [0.2, 0.25) is 0 Å². The highest BCUT2D eigenvalue weighted by molar-refractivity contribution is 5.82. The Morgan fingerprint density at radius 2 is 2.22 bits per heavy atom. The average Bonchev–Trinajstić information content (AvgIpc) is 2.46. The van der Waals surface area contributed by atoms with E-state index in [4.69, 9.17) is 10.5 Å². The smallest absolute Gasteiger partial charge is 0.241 e. The average molecular weight is 248 g/mol. The summed E-state index contributed by atoms with van der Waals surface area (Å²) < 4.78 is 5.38. The van der Waals surface area contributed by atoms with E-state index in [9.17, 15) is 4.79 Å². The summed E-state index contributed by atoms with van der Waals surface area (Å²) in [7, 11) is 0. The molecule has 1 aromatic carbocycles. The molecule has 0 radical (unpaired) electrons. The lowest BCUT2D eigenvalue weighted by atomic mass is 10.0. The van der Waals surface area contributed by atoms with Gasteiger partial charge in [0.15, 0.2) is 0 Å². The fourth-order valence-corrected chi connectivity index (χ4v) is 2.14. The van der Waals surface area contributed by atoms with E-state index < -0.39 is 6.04 Å². The highest BCUT2D eigenvalue weighted by Gasteiger charge is 2.18. The molecule has 4 heteroatoms. The van der Waals surface area contributed by atoms with E-state index in [0.29, 0.717) is 12.5 Å². The number of hydrogen-bond donors (Lipinski definition) is 2. The first-order valence-corrected chi connectivity index (χ1v) is 6.43. The van der Waals surface area contributed by atoms with Crippen LogP contribution in [0.1, 0.15) is 24.4 Å². The Balaban J connectivity index is 1.80. The fraction of sp³-hybridized carbons (Fsp3) is 0.500. The highest BCUT2D eigenvalue weighted by atomic mass is 16.5. The molecule has 1 aliphatic rings. The van der Waals surface area contributed by atoms with Gasteiger partial charge in [-0.05, 0) is 24.3 Å². The SMILES string of the molecule is N[C@H](C(=O)NC[C@@H]1CCCOC1)c1ccccc1. The van der Waals surface area contributed by atoms with Crippen molar-refractivity contribution in [3.05, 3.63) is 35.9 Å². The number of hydrogen-bond acceptors (Lipinski definition) is 3. The maximum Gasteiger partial charge on any atom is 0.241 e. The van der Waals surface area contributed by atoms with Gasteiger partial charge in [-0.3, -0.25) is 4.79 Å². The summed E-state index contributed by atoms with van der Waals surface area (Å²) in [5.74, 6) is 0.303. The van der Waals surface area contributed by atoms with Crippen molar-refractivity contribution in [1.29, 1.82) is 0 Å². The van der Waals surface area contributed by atoms with Crippen LogP contribution in [0, 0.1) is 5.92 Å². The van der Waals surface area contributed by atoms with Crippen molar-refractivity contribution in [3.8, 4) is 0 Å². The number of ether oxygens (including phenoxy) is 1. The van der Waals surface area contributed by atoms with Crippen LogP contribution in [-0.2, 0) is 9.53 Å². The van der Waals surface area contributed by atoms with Crippen molar-refractivity contribution in [1.82, 2.24) is 5.32 Å². The normalized spacial score (nSPS) is 21.3. The molecule has 4 nitrogen and oxygen atoms in total. The van der Waals surface area contributed by atoms with Crippen molar-refractivity contribution in [3.63, 3.8) is 0 Å². The molecule has 0 bridgehead atoms. The molecule has 2 rings (SSSR count). The molecule has 0 aromatic heterocycles. The van der Waals surface area contributed by atoms with Gasteiger partial charge in [0.05, 0.1) is 6.61 Å². The molecule has 1 amide bonds. The van der Waals surface area contributed by atoms with Crippen LogP contribution < -0.4 is 11.1 Å². The minimum atomic E-state index is -0.587. The van der Waals surface area contributed by atoms with Crippen LogP contribution in [0.3, 0.4) is 0 Å². The lowest BCUT2D eigenvalue weighted by Crippen LogP contribution is -2.38. The van der Waals surface area contributed by atoms with Gasteiger partial charge < -0.3 is 15.8 Å². The monoisotopic (exact) mass is 248 g/mol. The predicted molar refractivity (Wildman–Crippen MR) is 69.9 cm³/mol. The maximum atomic E-state index is 11.9. The summed E-state index contributed by atoms with van der Waals surface area (Å²) in [6.07, 6.45) is 2.19. The summed E-state index contributed by atoms with van der Waals surface area (Å²) in [5, 5.41) is 2.91. The molecule has 98 valence electrons. The molecule has 1 aliphatic heterocycles. The van der Waals surface area contributed by atoms with Gasteiger partial charge in [-0.1, -0.05) is 30.3 Å². The van der Waals surface area contributed by atoms with Gasteiger partial charge in [0.25, 0.3) is 0 Å². The van der Waals surface area contributed by atoms with E-state index in [1.807, 2.05) is 30.3 Å². The van der Waals surface area contributed by atoms with Crippen LogP contribution >= 0.6 is 0 Å². The molecule has 2 atom stereocenters. The third-order valence-corrected chi connectivity index (χ3v) is 3.26. The van der Waals surface area contributed by atoms with Gasteiger partial charge in [-0.15, -0.1) is 0 Å². The standard InChI is InChI=1S/C14H20N2O2/c15-13(12-6-2-1-3-7-12)14(17)16-9-11-5-4-8-18-10-11/h1-3,6-7,11,13H,4-5,8-10,15H2,(H,16,17)/t11-,13-/m0/s1. The largest absolute Gasteiger partial charge is 0.381 e. The molecule has 0 aliphatic carbocycles. The zero-order valence-corrected chi connectivity index (χ0v) is 10.5. The number of amides is 1. The van der Waals surface area contributed by atoms with Crippen molar-refractivity contribution in [2.45, 2.75) is 18.9 Å². The lowest BCUT2D eigenvalue weighted by Gasteiger charge is -2.23. The first-order valence-electron chi connectivity index (χ1n) is 6.43. The lowest BCUT2D eigenvalue weighted by molar-refractivity contribution is -0.122. The van der Waals surface area contributed by atoms with Crippen molar-refractivity contribution in [2.24, 2.45) is 11.7 Å². The summed E-state index contributed by atoms with van der Waals surface area (Å²) in [6, 6.07) is 8.83. The first-order chi connectivity index (χ1) is 8.77. The Morgan fingerprint density at radius 3 is 2.89 bits per heavy atom. The number of carbonyl (C=O) groups excluding carboxylic acids is 1. The summed E-state index contributed by atoms with van der Waals surface area (Å²) in [6.45, 7) is 2.23. The summed E-state index contributed by atoms with van der Waals surface area (Å²) >= 11 is 0. The van der Waals surface area contributed by atoms with E-state index in [2.05, 4.69) is 5.32 Å². The Hall–Kier alpha value is -1.39. The van der Waals surface area contributed by atoms with Gasteiger partial charge >= 0.3 is 0 Å². The van der Waals surface area contributed by atoms with E-state index in [1.165, 1.54) is 0 Å². The maximum absolute atomic E-state index is 11.9. The highest BCUT2D eigenvalue weighted by Crippen LogP contribution is 2.13. The molecule has 1 fully saturated rings. The molecule has 0 saturated carbocycles. The van der Waals surface area contributed by atoms with Gasteiger partial charge in [0.2, 0.25) is 5.91 Å². The third-order valence-electron chi connectivity index (χ3n) is 3.26. The van der Waals surface area contributed by atoms with Crippen molar-refractivity contribution in [2.75, 3.05) is 19.8 Å². The van der Waals surface area contributed by atoms with E-state index in [-0.39, 0.29) is 5.91 Å². The number of nitrogens with one attached hydrogen (secondary N) is 1. The molecule has 3 N–H and O–H groups in total. The van der Waals surface area contributed by atoms with Crippen molar-refractivity contribution >= 4 is 5.91 Å². The van der Waals surface area contributed by atoms with E-state index in [1.54, 1.807) is 0 Å². The quantitative estimate of drug-likeness (QED) is 0.842. The minimum Gasteiger partial charge on any atom is -0.381 e. The molecule has 0 spiro atoms. The fourth-order valence-electron chi connectivity index (χ4n) is 2.14. The number of rotatable bonds is 4. The van der Waals surface area contributed by atoms with Crippen LogP contribution in [0.4, 0.5) is 0 Å². The Kier molecular flexibility index (Phi) is 4.73. The van der Waals surface area contributed by atoms with Gasteiger partial charge in [-0.25, -0.2) is 0 Å². The van der Waals surface area contributed by atoms with Gasteiger partial charge in [0, 0.05) is 13.2 Å². The first kappa shape index (κ1) is 13.1. The Labute approximate surface area is 108 Å². The molecule has 0 unspecified atom stereocenters. The Bertz CT molecular complexity index is 375. The van der Waals surface area contributed by atoms with Gasteiger partial charge in [-0.2, -0.15) is 0 Å². The topological polar surface area (TPSA) is 64.4 Å². The van der Waals surface area contributed by atoms with Crippen LogP contribution in [-0.4, -0.2) is 25.7 Å². The molecule has 18 heavy (non-hydrogen) atoms. The minimum absolute atomic E-state index is 0.119. The van der Waals surface area contributed by atoms with Crippen LogP contribution in [0.5, 0.6) is 0 Å². The second-order valence-corrected chi connectivity index (χ2v) is 4.72. The molecule has 1 aromatic rings. The molecular weight excluding hydrogens is 228 g/mol. The molecular formula is C14H20N2O2. The zero-order valence-electron chi connectivity index (χ0n) is 10.5. The third kappa shape index (κ3) is 3.55.